The lowest BCUT2D eigenvalue weighted by Gasteiger charge is -2.33. The van der Waals surface area contributed by atoms with Gasteiger partial charge >= 0.3 is 0 Å². The molecule has 0 saturated carbocycles. The van der Waals surface area contributed by atoms with Gasteiger partial charge in [-0.2, -0.15) is 0 Å². The van der Waals surface area contributed by atoms with Crippen molar-refractivity contribution < 1.29 is 13.9 Å². The van der Waals surface area contributed by atoms with Crippen molar-refractivity contribution in [2.45, 2.75) is 25.5 Å². The number of nitrogens with two attached hydrogens (primary N) is 1. The molecule has 0 heterocycles. The zero-order valence-corrected chi connectivity index (χ0v) is 10.6. The van der Waals surface area contributed by atoms with Gasteiger partial charge in [0.2, 0.25) is 0 Å². The second kappa shape index (κ2) is 5.44. The number of hydrogen-bond acceptors (Lipinski definition) is 4. The van der Waals surface area contributed by atoms with Gasteiger partial charge in [0.05, 0.1) is 18.8 Å². The van der Waals surface area contributed by atoms with Gasteiger partial charge in [-0.3, -0.25) is 5.84 Å². The van der Waals surface area contributed by atoms with Crippen LogP contribution in [-0.4, -0.2) is 19.8 Å². The van der Waals surface area contributed by atoms with Crippen LogP contribution in [0.15, 0.2) is 18.2 Å². The van der Waals surface area contributed by atoms with Crippen molar-refractivity contribution in [1.82, 2.24) is 5.43 Å². The van der Waals surface area contributed by atoms with Crippen molar-refractivity contribution in [2.24, 2.45) is 5.84 Å². The number of benzene rings is 1. The highest BCUT2D eigenvalue weighted by molar-refractivity contribution is 5.32. The molecule has 0 bridgehead atoms. The van der Waals surface area contributed by atoms with Crippen LogP contribution in [0.1, 0.15) is 25.5 Å². The Morgan fingerprint density at radius 3 is 2.41 bits per heavy atom. The fourth-order valence-corrected chi connectivity index (χ4v) is 1.65. The summed E-state index contributed by atoms with van der Waals surface area (Å²) in [6, 6.07) is 4.21. The summed E-state index contributed by atoms with van der Waals surface area (Å²) in [5.41, 5.74) is 2.41. The van der Waals surface area contributed by atoms with Crippen molar-refractivity contribution in [3.05, 3.63) is 29.6 Å². The first-order valence-electron chi connectivity index (χ1n) is 5.31. The fourth-order valence-electron chi connectivity index (χ4n) is 1.65. The second-order valence-electron chi connectivity index (χ2n) is 4.29. The molecule has 1 unspecified atom stereocenters. The molecule has 0 saturated heterocycles. The van der Waals surface area contributed by atoms with E-state index in [4.69, 9.17) is 15.3 Å². The molecule has 17 heavy (non-hydrogen) atoms. The Kier molecular flexibility index (Phi) is 4.45. The Morgan fingerprint density at radius 2 is 2.00 bits per heavy atom. The predicted molar refractivity (Wildman–Crippen MR) is 64.1 cm³/mol. The summed E-state index contributed by atoms with van der Waals surface area (Å²) < 4.78 is 24.2. The van der Waals surface area contributed by atoms with Gasteiger partial charge in [0, 0.05) is 18.7 Å². The van der Waals surface area contributed by atoms with Crippen molar-refractivity contribution in [3.63, 3.8) is 0 Å². The maximum absolute atomic E-state index is 13.9. The zero-order valence-electron chi connectivity index (χ0n) is 10.6. The average molecular weight is 242 g/mol. The molecule has 0 aliphatic rings. The third-order valence-corrected chi connectivity index (χ3v) is 2.91. The third-order valence-electron chi connectivity index (χ3n) is 2.91. The van der Waals surface area contributed by atoms with E-state index >= 15 is 0 Å². The molecule has 96 valence electrons. The van der Waals surface area contributed by atoms with E-state index in [1.807, 2.05) is 13.8 Å². The van der Waals surface area contributed by atoms with E-state index in [0.717, 1.165) is 0 Å². The molecule has 0 aromatic heterocycles. The first-order chi connectivity index (χ1) is 7.96. The van der Waals surface area contributed by atoms with Crippen molar-refractivity contribution >= 4 is 0 Å². The molecule has 0 radical (unpaired) electrons. The lowest BCUT2D eigenvalue weighted by molar-refractivity contribution is -0.0121. The first-order valence-corrected chi connectivity index (χ1v) is 5.31. The van der Waals surface area contributed by atoms with Crippen LogP contribution < -0.4 is 16.0 Å². The van der Waals surface area contributed by atoms with E-state index in [9.17, 15) is 4.39 Å². The summed E-state index contributed by atoms with van der Waals surface area (Å²) in [7, 11) is 3.05. The molecule has 3 N–H and O–H groups in total. The number of nitrogens with one attached hydrogen (secondary N) is 1. The fraction of sp³-hybridized carbons (Fsp3) is 0.500. The van der Waals surface area contributed by atoms with Crippen LogP contribution in [0.25, 0.3) is 0 Å². The molecule has 5 heteroatoms. The molecule has 1 atom stereocenters. The summed E-state index contributed by atoms with van der Waals surface area (Å²) in [6.45, 7) is 3.67. The number of ether oxygens (including phenoxy) is 2. The molecule has 1 aromatic carbocycles. The largest absolute Gasteiger partial charge is 0.497 e. The van der Waals surface area contributed by atoms with Gasteiger partial charge < -0.3 is 9.47 Å². The molecule has 0 aliphatic heterocycles. The van der Waals surface area contributed by atoms with Crippen LogP contribution in [0.4, 0.5) is 4.39 Å². The highest BCUT2D eigenvalue weighted by Gasteiger charge is 2.31. The Morgan fingerprint density at radius 1 is 1.35 bits per heavy atom. The van der Waals surface area contributed by atoms with Gasteiger partial charge in [-0.1, -0.05) is 6.07 Å². The summed E-state index contributed by atoms with van der Waals surface area (Å²) in [6.07, 6.45) is 0. The highest BCUT2D eigenvalue weighted by Crippen LogP contribution is 2.30. The zero-order chi connectivity index (χ0) is 13.1. The SMILES string of the molecule is COc1ccc(C(NN)C(C)(C)OC)c(F)c1. The summed E-state index contributed by atoms with van der Waals surface area (Å²) >= 11 is 0. The molecule has 0 amide bonds. The van der Waals surface area contributed by atoms with Crippen molar-refractivity contribution in [2.75, 3.05) is 14.2 Å². The van der Waals surface area contributed by atoms with E-state index in [1.165, 1.54) is 13.2 Å². The van der Waals surface area contributed by atoms with Crippen LogP contribution in [0.5, 0.6) is 5.75 Å². The quantitative estimate of drug-likeness (QED) is 0.610. The number of rotatable bonds is 5. The minimum atomic E-state index is -0.621. The summed E-state index contributed by atoms with van der Waals surface area (Å²) in [5, 5.41) is 0. The smallest absolute Gasteiger partial charge is 0.131 e. The molecule has 0 fully saturated rings. The third kappa shape index (κ3) is 2.94. The van der Waals surface area contributed by atoms with Gasteiger partial charge in [-0.15, -0.1) is 0 Å². The molecule has 0 spiro atoms. The van der Waals surface area contributed by atoms with Gasteiger partial charge in [0.25, 0.3) is 0 Å². The molecule has 1 aromatic rings. The van der Waals surface area contributed by atoms with Crippen LogP contribution in [0.3, 0.4) is 0 Å². The number of methoxy groups -OCH3 is 2. The van der Waals surface area contributed by atoms with Crippen LogP contribution >= 0.6 is 0 Å². The number of halogens is 1. The van der Waals surface area contributed by atoms with Crippen molar-refractivity contribution in [1.29, 1.82) is 0 Å². The van der Waals surface area contributed by atoms with E-state index in [0.29, 0.717) is 11.3 Å². The maximum Gasteiger partial charge on any atom is 0.131 e. The number of hydrazine groups is 1. The van der Waals surface area contributed by atoms with Crippen LogP contribution in [0.2, 0.25) is 0 Å². The van der Waals surface area contributed by atoms with Gasteiger partial charge in [0.15, 0.2) is 0 Å². The Bertz CT molecular complexity index is 383. The minimum absolute atomic E-state index is 0.377. The minimum Gasteiger partial charge on any atom is -0.497 e. The summed E-state index contributed by atoms with van der Waals surface area (Å²) in [4.78, 5) is 0. The van der Waals surface area contributed by atoms with E-state index in [1.54, 1.807) is 19.2 Å². The maximum atomic E-state index is 13.9. The molecular weight excluding hydrogens is 223 g/mol. The second-order valence-corrected chi connectivity index (χ2v) is 4.29. The topological polar surface area (TPSA) is 56.5 Å². The molecular formula is C12H19FN2O2. The standard InChI is InChI=1S/C12H19FN2O2/c1-12(2,17-4)11(15-14)9-6-5-8(16-3)7-10(9)13/h5-7,11,15H,14H2,1-4H3. The van der Waals surface area contributed by atoms with Gasteiger partial charge in [-0.25, -0.2) is 9.82 Å². The van der Waals surface area contributed by atoms with Crippen molar-refractivity contribution in [3.8, 4) is 5.75 Å². The van der Waals surface area contributed by atoms with Crippen LogP contribution in [-0.2, 0) is 4.74 Å². The van der Waals surface area contributed by atoms with E-state index in [-0.39, 0.29) is 5.82 Å². The molecule has 4 nitrogen and oxygen atoms in total. The normalized spacial score (nSPS) is 13.5. The van der Waals surface area contributed by atoms with Crippen LogP contribution in [0, 0.1) is 5.82 Å². The lowest BCUT2D eigenvalue weighted by atomic mass is 9.91. The number of hydrogen-bond donors (Lipinski definition) is 2. The predicted octanol–water partition coefficient (Wildman–Crippen LogP) is 1.76. The highest BCUT2D eigenvalue weighted by atomic mass is 19.1. The van der Waals surface area contributed by atoms with Gasteiger partial charge in [-0.05, 0) is 19.9 Å². The molecule has 0 aliphatic carbocycles. The molecule has 1 rings (SSSR count). The first kappa shape index (κ1) is 13.9. The van der Waals surface area contributed by atoms with E-state index < -0.39 is 11.6 Å². The Hall–Kier alpha value is -1.17. The lowest BCUT2D eigenvalue weighted by Crippen LogP contribution is -2.44. The van der Waals surface area contributed by atoms with Gasteiger partial charge in [0.1, 0.15) is 11.6 Å². The Balaban J connectivity index is 3.13. The average Bonchev–Trinajstić information content (AvgIpc) is 2.31. The van der Waals surface area contributed by atoms with E-state index in [2.05, 4.69) is 5.43 Å². The Labute approximate surface area is 101 Å². The summed E-state index contributed by atoms with van der Waals surface area (Å²) in [5.74, 6) is 5.57. The monoisotopic (exact) mass is 242 g/mol.